The number of aromatic nitrogens is 2. The summed E-state index contributed by atoms with van der Waals surface area (Å²) in [5.74, 6) is -0.278. The fraction of sp³-hybridized carbons (Fsp3) is 0.333. The van der Waals surface area contributed by atoms with Crippen molar-refractivity contribution in [2.24, 2.45) is 7.05 Å². The highest BCUT2D eigenvalue weighted by molar-refractivity contribution is 5.97. The van der Waals surface area contributed by atoms with Crippen LogP contribution in [0.4, 0.5) is 0 Å². The standard InChI is InChI=1S/C15H18N2O2/c1-4-5-11-6-8-12(9-7-11)14-15(19)13(10(2)18)16-17(14)3/h6-9,19H,4-5H2,1-3H3. The Hall–Kier alpha value is -2.10. The monoisotopic (exact) mass is 258 g/mol. The summed E-state index contributed by atoms with van der Waals surface area (Å²) >= 11 is 0. The normalized spacial score (nSPS) is 10.7. The van der Waals surface area contributed by atoms with Crippen molar-refractivity contribution in [2.45, 2.75) is 26.7 Å². The van der Waals surface area contributed by atoms with Crippen molar-refractivity contribution in [3.63, 3.8) is 0 Å². The third-order valence-corrected chi connectivity index (χ3v) is 3.12. The van der Waals surface area contributed by atoms with E-state index in [9.17, 15) is 9.90 Å². The highest BCUT2D eigenvalue weighted by Gasteiger charge is 2.19. The molecule has 1 aromatic carbocycles. The van der Waals surface area contributed by atoms with Gasteiger partial charge in [-0.25, -0.2) is 0 Å². The Bertz CT molecular complexity index is 597. The van der Waals surface area contributed by atoms with Crippen LogP contribution in [-0.2, 0) is 13.5 Å². The van der Waals surface area contributed by atoms with Crippen LogP contribution in [0.25, 0.3) is 11.3 Å². The maximum absolute atomic E-state index is 11.4. The summed E-state index contributed by atoms with van der Waals surface area (Å²) in [4.78, 5) is 11.4. The van der Waals surface area contributed by atoms with Gasteiger partial charge in [-0.1, -0.05) is 37.6 Å². The molecule has 0 aliphatic heterocycles. The van der Waals surface area contributed by atoms with Crippen LogP contribution in [0.2, 0.25) is 0 Å². The maximum Gasteiger partial charge on any atom is 0.183 e. The fourth-order valence-electron chi connectivity index (χ4n) is 2.19. The number of hydrogen-bond donors (Lipinski definition) is 1. The number of hydrogen-bond acceptors (Lipinski definition) is 3. The van der Waals surface area contributed by atoms with Gasteiger partial charge in [0.2, 0.25) is 0 Å². The van der Waals surface area contributed by atoms with Crippen LogP contribution in [-0.4, -0.2) is 20.7 Å². The summed E-state index contributed by atoms with van der Waals surface area (Å²) in [5, 5.41) is 14.2. The Kier molecular flexibility index (Phi) is 3.69. The third kappa shape index (κ3) is 2.52. The first-order chi connectivity index (χ1) is 9.04. The zero-order chi connectivity index (χ0) is 14.0. The van der Waals surface area contributed by atoms with E-state index >= 15 is 0 Å². The van der Waals surface area contributed by atoms with Gasteiger partial charge in [-0.3, -0.25) is 9.48 Å². The molecule has 0 unspecified atom stereocenters. The molecule has 1 N–H and O–H groups in total. The summed E-state index contributed by atoms with van der Waals surface area (Å²) in [6.07, 6.45) is 2.14. The molecule has 0 radical (unpaired) electrons. The minimum Gasteiger partial charge on any atom is -0.504 e. The first kappa shape index (κ1) is 13.3. The van der Waals surface area contributed by atoms with Crippen LogP contribution < -0.4 is 0 Å². The molecule has 0 bridgehead atoms. The zero-order valence-electron chi connectivity index (χ0n) is 11.5. The highest BCUT2D eigenvalue weighted by Crippen LogP contribution is 2.32. The van der Waals surface area contributed by atoms with E-state index in [4.69, 9.17) is 0 Å². The Morgan fingerprint density at radius 2 is 1.95 bits per heavy atom. The number of ketones is 1. The number of carbonyl (C=O) groups is 1. The van der Waals surface area contributed by atoms with Crippen LogP contribution in [0, 0.1) is 0 Å². The third-order valence-electron chi connectivity index (χ3n) is 3.12. The number of benzene rings is 1. The van der Waals surface area contributed by atoms with Crippen molar-refractivity contribution in [3.8, 4) is 17.0 Å². The molecule has 0 amide bonds. The fourth-order valence-corrected chi connectivity index (χ4v) is 2.19. The van der Waals surface area contributed by atoms with Crippen molar-refractivity contribution < 1.29 is 9.90 Å². The molecule has 0 aliphatic rings. The summed E-state index contributed by atoms with van der Waals surface area (Å²) in [6.45, 7) is 3.54. The second kappa shape index (κ2) is 5.26. The lowest BCUT2D eigenvalue weighted by atomic mass is 10.0. The van der Waals surface area contributed by atoms with Gasteiger partial charge in [0.15, 0.2) is 17.2 Å². The number of rotatable bonds is 4. The minimum absolute atomic E-state index is 0.0433. The predicted molar refractivity (Wildman–Crippen MR) is 74.3 cm³/mol. The van der Waals surface area contributed by atoms with Gasteiger partial charge in [-0.2, -0.15) is 5.10 Å². The molecule has 100 valence electrons. The summed E-state index contributed by atoms with van der Waals surface area (Å²) in [7, 11) is 1.72. The molecular weight excluding hydrogens is 240 g/mol. The highest BCUT2D eigenvalue weighted by atomic mass is 16.3. The van der Waals surface area contributed by atoms with Crippen LogP contribution in [0.5, 0.6) is 5.75 Å². The van der Waals surface area contributed by atoms with Crippen molar-refractivity contribution in [3.05, 3.63) is 35.5 Å². The summed E-state index contributed by atoms with van der Waals surface area (Å²) in [6, 6.07) is 7.98. The molecule has 0 atom stereocenters. The van der Waals surface area contributed by atoms with Crippen LogP contribution >= 0.6 is 0 Å². The lowest BCUT2D eigenvalue weighted by Gasteiger charge is -2.04. The van der Waals surface area contributed by atoms with Crippen LogP contribution in [0.1, 0.15) is 36.3 Å². The Morgan fingerprint density at radius 1 is 1.32 bits per heavy atom. The van der Waals surface area contributed by atoms with Crippen molar-refractivity contribution in [1.29, 1.82) is 0 Å². The van der Waals surface area contributed by atoms with Crippen molar-refractivity contribution in [2.75, 3.05) is 0 Å². The number of Topliss-reactive ketones (excluding diaryl/α,β-unsaturated/α-hetero) is 1. The molecule has 0 spiro atoms. The lowest BCUT2D eigenvalue weighted by Crippen LogP contribution is -1.97. The van der Waals surface area contributed by atoms with Gasteiger partial charge in [-0.15, -0.1) is 0 Å². The number of nitrogens with zero attached hydrogens (tertiary/aromatic N) is 2. The quantitative estimate of drug-likeness (QED) is 0.858. The minimum atomic E-state index is -0.234. The number of aryl methyl sites for hydroxylation is 2. The van der Waals surface area contributed by atoms with E-state index in [1.165, 1.54) is 12.5 Å². The van der Waals surface area contributed by atoms with E-state index in [-0.39, 0.29) is 17.2 Å². The topological polar surface area (TPSA) is 55.1 Å². The van der Waals surface area contributed by atoms with Gasteiger partial charge in [0.1, 0.15) is 5.69 Å². The van der Waals surface area contributed by atoms with E-state index in [1.807, 2.05) is 24.3 Å². The molecule has 0 fully saturated rings. The Morgan fingerprint density at radius 3 is 2.42 bits per heavy atom. The van der Waals surface area contributed by atoms with Crippen molar-refractivity contribution in [1.82, 2.24) is 9.78 Å². The van der Waals surface area contributed by atoms with Crippen LogP contribution in [0.15, 0.2) is 24.3 Å². The van der Waals surface area contributed by atoms with Gasteiger partial charge in [-0.05, 0) is 12.0 Å². The molecule has 4 nitrogen and oxygen atoms in total. The first-order valence-electron chi connectivity index (χ1n) is 6.40. The van der Waals surface area contributed by atoms with Gasteiger partial charge < -0.3 is 5.11 Å². The van der Waals surface area contributed by atoms with Gasteiger partial charge in [0, 0.05) is 19.5 Å². The Labute approximate surface area is 112 Å². The largest absolute Gasteiger partial charge is 0.504 e. The zero-order valence-corrected chi connectivity index (χ0v) is 11.5. The molecule has 0 saturated heterocycles. The van der Waals surface area contributed by atoms with Gasteiger partial charge >= 0.3 is 0 Å². The lowest BCUT2D eigenvalue weighted by molar-refractivity contribution is 0.101. The first-order valence-corrected chi connectivity index (χ1v) is 6.40. The number of aromatic hydroxyl groups is 1. The second-order valence-electron chi connectivity index (χ2n) is 4.67. The van der Waals surface area contributed by atoms with Gasteiger partial charge in [0.25, 0.3) is 0 Å². The summed E-state index contributed by atoms with van der Waals surface area (Å²) in [5.41, 5.74) is 2.82. The maximum atomic E-state index is 11.4. The van der Waals surface area contributed by atoms with E-state index in [1.54, 1.807) is 11.7 Å². The molecule has 1 aromatic heterocycles. The van der Waals surface area contributed by atoms with E-state index in [2.05, 4.69) is 12.0 Å². The smallest absolute Gasteiger partial charge is 0.183 e. The second-order valence-corrected chi connectivity index (χ2v) is 4.67. The molecule has 1 heterocycles. The molecular formula is C15H18N2O2. The van der Waals surface area contributed by atoms with E-state index < -0.39 is 0 Å². The Balaban J connectivity index is 2.44. The molecule has 19 heavy (non-hydrogen) atoms. The van der Waals surface area contributed by atoms with E-state index in [0.717, 1.165) is 18.4 Å². The van der Waals surface area contributed by atoms with Crippen LogP contribution in [0.3, 0.4) is 0 Å². The van der Waals surface area contributed by atoms with Crippen molar-refractivity contribution >= 4 is 5.78 Å². The average Bonchev–Trinajstić information content (AvgIpc) is 2.67. The molecule has 2 rings (SSSR count). The molecule has 4 heteroatoms. The molecule has 0 saturated carbocycles. The predicted octanol–water partition coefficient (Wildman–Crippen LogP) is 2.95. The van der Waals surface area contributed by atoms with Gasteiger partial charge in [0.05, 0.1) is 0 Å². The molecule has 0 aliphatic carbocycles. The van der Waals surface area contributed by atoms with E-state index in [0.29, 0.717) is 5.69 Å². The number of carbonyl (C=O) groups excluding carboxylic acids is 1. The SMILES string of the molecule is CCCc1ccc(-c2c(O)c(C(C)=O)nn2C)cc1. The summed E-state index contributed by atoms with van der Waals surface area (Å²) < 4.78 is 1.54. The molecule has 2 aromatic rings. The average molecular weight is 258 g/mol.